The van der Waals surface area contributed by atoms with Gasteiger partial charge in [0.1, 0.15) is 0 Å². The number of aliphatic hydroxyl groups is 1. The van der Waals surface area contributed by atoms with E-state index in [0.29, 0.717) is 0 Å². The number of aliphatic hydroxyl groups excluding tert-OH is 1. The lowest BCUT2D eigenvalue weighted by Crippen LogP contribution is -2.34. The third-order valence-electron chi connectivity index (χ3n) is 1.38. The van der Waals surface area contributed by atoms with Crippen LogP contribution in [-0.4, -0.2) is 17.1 Å². The lowest BCUT2D eigenvalue weighted by molar-refractivity contribution is 0.281. The minimum absolute atomic E-state index is 0.173. The highest BCUT2D eigenvalue weighted by Gasteiger charge is 2.25. The van der Waals surface area contributed by atoms with Crippen LogP contribution in [-0.2, 0) is 6.61 Å². The first kappa shape index (κ1) is 9.06. The van der Waals surface area contributed by atoms with Crippen LogP contribution in [0.25, 0.3) is 0 Å². The zero-order valence-corrected chi connectivity index (χ0v) is 6.04. The van der Waals surface area contributed by atoms with Gasteiger partial charge < -0.3 is 18.1 Å². The van der Waals surface area contributed by atoms with Crippen molar-refractivity contribution in [1.29, 1.82) is 0 Å². The van der Waals surface area contributed by atoms with Crippen LogP contribution in [0.15, 0.2) is 18.5 Å². The quantitative estimate of drug-likeness (QED) is 0.670. The molecule has 0 unspecified atom stereocenters. The van der Waals surface area contributed by atoms with Crippen molar-refractivity contribution < 1.29 is 18.1 Å². The molecular formula is C6H6BF3NO-. The van der Waals surface area contributed by atoms with Crippen molar-refractivity contribution in [2.75, 3.05) is 0 Å². The first-order chi connectivity index (χ1) is 5.54. The summed E-state index contributed by atoms with van der Waals surface area (Å²) < 4.78 is 36.1. The lowest BCUT2D eigenvalue weighted by Gasteiger charge is -2.14. The van der Waals surface area contributed by atoms with Crippen molar-refractivity contribution in [1.82, 2.24) is 4.98 Å². The summed E-state index contributed by atoms with van der Waals surface area (Å²) in [5, 5.41) is 8.53. The van der Waals surface area contributed by atoms with Crippen LogP contribution in [0.2, 0.25) is 0 Å². The molecule has 0 aliphatic rings. The Hall–Kier alpha value is -1.04. The Morgan fingerprint density at radius 3 is 2.50 bits per heavy atom. The van der Waals surface area contributed by atoms with Gasteiger partial charge in [0.2, 0.25) is 0 Å². The second-order valence-corrected chi connectivity index (χ2v) is 2.36. The molecular weight excluding hydrogens is 170 g/mol. The first-order valence-electron chi connectivity index (χ1n) is 3.28. The monoisotopic (exact) mass is 176 g/mol. The van der Waals surface area contributed by atoms with E-state index in [2.05, 4.69) is 4.98 Å². The van der Waals surface area contributed by atoms with Crippen molar-refractivity contribution in [2.24, 2.45) is 0 Å². The van der Waals surface area contributed by atoms with Gasteiger partial charge in [-0.05, 0) is 11.8 Å². The Labute approximate surface area is 67.1 Å². The summed E-state index contributed by atoms with van der Waals surface area (Å²) in [6.45, 7) is -5.43. The van der Waals surface area contributed by atoms with E-state index in [4.69, 9.17) is 5.11 Å². The van der Waals surface area contributed by atoms with E-state index in [1.54, 1.807) is 0 Å². The molecule has 2 nitrogen and oxygen atoms in total. The molecule has 0 spiro atoms. The molecule has 6 heteroatoms. The Kier molecular flexibility index (Phi) is 2.37. The fourth-order valence-electron chi connectivity index (χ4n) is 0.773. The summed E-state index contributed by atoms with van der Waals surface area (Å²) in [5.74, 6) is 0. The second kappa shape index (κ2) is 3.14. The Balaban J connectivity index is 3.02. The number of nitrogens with zero attached hydrogens (tertiary/aromatic N) is 1. The minimum Gasteiger partial charge on any atom is -0.445 e. The number of rotatable bonds is 2. The smallest absolute Gasteiger partial charge is 0.445 e. The van der Waals surface area contributed by atoms with Crippen molar-refractivity contribution >= 4 is 12.4 Å². The molecule has 0 amide bonds. The predicted molar refractivity (Wildman–Crippen MR) is 38.9 cm³/mol. The summed E-state index contributed by atoms with van der Waals surface area (Å²) in [6, 6.07) is 0.896. The average Bonchev–Trinajstić information content (AvgIpc) is 2.03. The molecule has 0 saturated carbocycles. The van der Waals surface area contributed by atoms with E-state index in [0.717, 1.165) is 12.3 Å². The average molecular weight is 176 g/mol. The summed E-state index contributed by atoms with van der Waals surface area (Å²) in [4.78, 5) is 3.36. The van der Waals surface area contributed by atoms with E-state index >= 15 is 0 Å². The molecule has 12 heavy (non-hydrogen) atoms. The van der Waals surface area contributed by atoms with Crippen LogP contribution >= 0.6 is 0 Å². The first-order valence-corrected chi connectivity index (χ1v) is 3.28. The summed E-state index contributed by atoms with van der Waals surface area (Å²) >= 11 is 0. The molecule has 1 heterocycles. The summed E-state index contributed by atoms with van der Waals surface area (Å²) in [5.41, 5.74) is -0.603. The van der Waals surface area contributed by atoms with E-state index in [9.17, 15) is 12.9 Å². The lowest BCUT2D eigenvalue weighted by atomic mass is 9.81. The fourth-order valence-corrected chi connectivity index (χ4v) is 0.773. The fraction of sp³-hybridized carbons (Fsp3) is 0.167. The third kappa shape index (κ3) is 1.98. The van der Waals surface area contributed by atoms with Crippen LogP contribution in [0, 0.1) is 0 Å². The zero-order valence-electron chi connectivity index (χ0n) is 6.04. The van der Waals surface area contributed by atoms with Gasteiger partial charge in [-0.25, -0.2) is 0 Å². The van der Waals surface area contributed by atoms with Gasteiger partial charge in [-0.1, -0.05) is 11.5 Å². The van der Waals surface area contributed by atoms with Crippen LogP contribution in [0.1, 0.15) is 5.56 Å². The molecule has 0 radical (unpaired) electrons. The van der Waals surface area contributed by atoms with Crippen molar-refractivity contribution in [2.45, 2.75) is 6.61 Å². The van der Waals surface area contributed by atoms with E-state index < -0.39 is 19.0 Å². The molecule has 0 saturated heterocycles. The van der Waals surface area contributed by atoms with Crippen LogP contribution in [0.3, 0.4) is 0 Å². The molecule has 1 N–H and O–H groups in total. The van der Waals surface area contributed by atoms with Gasteiger partial charge >= 0.3 is 6.98 Å². The van der Waals surface area contributed by atoms with Crippen molar-refractivity contribution in [3.63, 3.8) is 0 Å². The van der Waals surface area contributed by atoms with Gasteiger partial charge in [0, 0.05) is 6.20 Å². The Morgan fingerprint density at radius 2 is 2.00 bits per heavy atom. The van der Waals surface area contributed by atoms with E-state index in [1.807, 2.05) is 0 Å². The van der Waals surface area contributed by atoms with Gasteiger partial charge in [0.05, 0.1) is 6.61 Å². The largest absolute Gasteiger partial charge is 0.511 e. The van der Waals surface area contributed by atoms with Gasteiger partial charge in [0.15, 0.2) is 0 Å². The SMILES string of the molecule is OCc1cncc([B-](F)(F)F)c1. The Morgan fingerprint density at radius 1 is 1.33 bits per heavy atom. The Bertz CT molecular complexity index is 276. The molecule has 0 aromatic carbocycles. The summed E-state index contributed by atoms with van der Waals surface area (Å²) in [6.07, 6.45) is 1.95. The van der Waals surface area contributed by atoms with Gasteiger partial charge in [-0.2, -0.15) is 0 Å². The molecule has 0 fully saturated rings. The molecule has 0 atom stereocenters. The second-order valence-electron chi connectivity index (χ2n) is 2.36. The van der Waals surface area contributed by atoms with E-state index in [1.165, 1.54) is 6.20 Å². The standard InChI is InChI=1S/C6H6BF3NO/c8-7(9,10)6-1-5(4-12)2-11-3-6/h1-3,12H,4H2/q-1. The molecule has 0 aliphatic carbocycles. The highest BCUT2D eigenvalue weighted by Crippen LogP contribution is 2.08. The summed E-state index contributed by atoms with van der Waals surface area (Å²) in [7, 11) is 0. The molecule has 1 aromatic rings. The zero-order chi connectivity index (χ0) is 9.19. The molecule has 66 valence electrons. The van der Waals surface area contributed by atoms with Gasteiger partial charge in [0.25, 0.3) is 0 Å². The normalized spacial score (nSPS) is 11.7. The van der Waals surface area contributed by atoms with Crippen LogP contribution < -0.4 is 5.46 Å². The van der Waals surface area contributed by atoms with Crippen LogP contribution in [0.4, 0.5) is 12.9 Å². The number of halogens is 3. The molecule has 1 aromatic heterocycles. The van der Waals surface area contributed by atoms with Crippen molar-refractivity contribution in [3.05, 3.63) is 24.0 Å². The molecule has 0 bridgehead atoms. The maximum atomic E-state index is 12.0. The highest BCUT2D eigenvalue weighted by atomic mass is 19.4. The topological polar surface area (TPSA) is 33.1 Å². The predicted octanol–water partition coefficient (Wildman–Crippen LogP) is 0.628. The number of hydrogen-bond donors (Lipinski definition) is 1. The minimum atomic E-state index is -5.00. The third-order valence-corrected chi connectivity index (χ3v) is 1.38. The molecule has 0 aliphatic heterocycles. The number of hydrogen-bond acceptors (Lipinski definition) is 2. The van der Waals surface area contributed by atoms with Gasteiger partial charge in [-0.3, -0.25) is 4.98 Å². The van der Waals surface area contributed by atoms with Gasteiger partial charge in [-0.15, -0.1) is 0 Å². The molecule has 1 rings (SSSR count). The maximum Gasteiger partial charge on any atom is 0.511 e. The number of aromatic nitrogens is 1. The maximum absolute atomic E-state index is 12.0. The van der Waals surface area contributed by atoms with Crippen LogP contribution in [0.5, 0.6) is 0 Å². The number of pyridine rings is 1. The highest BCUT2D eigenvalue weighted by molar-refractivity contribution is 6.73. The van der Waals surface area contributed by atoms with Crippen molar-refractivity contribution in [3.8, 4) is 0 Å². The van der Waals surface area contributed by atoms with E-state index in [-0.39, 0.29) is 5.56 Å².